The number of nitrogens with zero attached hydrogens (tertiary/aromatic N) is 1. The van der Waals surface area contributed by atoms with Crippen molar-refractivity contribution in [3.8, 4) is 0 Å². The van der Waals surface area contributed by atoms with E-state index in [1.807, 2.05) is 5.38 Å². The number of benzene rings is 1. The van der Waals surface area contributed by atoms with Crippen LogP contribution in [0.1, 0.15) is 30.5 Å². The molecule has 8 heteroatoms. The molecule has 140 valence electrons. The number of hydrogen-bond acceptors (Lipinski definition) is 6. The van der Waals surface area contributed by atoms with E-state index in [2.05, 4.69) is 29.5 Å². The summed E-state index contributed by atoms with van der Waals surface area (Å²) in [6.45, 7) is 4.65. The van der Waals surface area contributed by atoms with E-state index in [1.54, 1.807) is 35.6 Å². The molecular formula is C18H23N3O4S. The largest absolute Gasteiger partial charge is 0.447 e. The zero-order valence-corrected chi connectivity index (χ0v) is 15.9. The topological polar surface area (TPSA) is 89.5 Å². The molecule has 0 fully saturated rings. The molecule has 0 spiro atoms. The molecule has 0 aliphatic rings. The number of methoxy groups -OCH3 is 1. The first kappa shape index (κ1) is 19.9. The van der Waals surface area contributed by atoms with Gasteiger partial charge < -0.3 is 14.8 Å². The molecule has 0 unspecified atom stereocenters. The Labute approximate surface area is 156 Å². The highest BCUT2D eigenvalue weighted by atomic mass is 32.1. The third-order valence-corrected chi connectivity index (χ3v) is 4.51. The van der Waals surface area contributed by atoms with Crippen molar-refractivity contribution in [2.24, 2.45) is 0 Å². The number of carbonyl (C=O) groups excluding carboxylic acids is 2. The summed E-state index contributed by atoms with van der Waals surface area (Å²) in [6.07, 6.45) is -0.367. The molecule has 26 heavy (non-hydrogen) atoms. The van der Waals surface area contributed by atoms with Crippen LogP contribution < -0.4 is 10.6 Å². The van der Waals surface area contributed by atoms with Gasteiger partial charge in [0.1, 0.15) is 6.61 Å². The van der Waals surface area contributed by atoms with Gasteiger partial charge in [0.15, 0.2) is 0 Å². The molecule has 2 aromatic rings. The SMILES string of the molecule is COCCOC(=O)Nc1cccc(NC(=O)Cc2csc(C(C)C)n2)c1. The first-order chi connectivity index (χ1) is 12.5. The number of hydrogen-bond donors (Lipinski definition) is 2. The molecule has 0 aliphatic heterocycles. The molecule has 2 N–H and O–H groups in total. The van der Waals surface area contributed by atoms with Crippen molar-refractivity contribution in [3.63, 3.8) is 0 Å². The Kier molecular flexibility index (Phi) is 7.55. The van der Waals surface area contributed by atoms with Gasteiger partial charge in [0.25, 0.3) is 0 Å². The van der Waals surface area contributed by atoms with Crippen molar-refractivity contribution in [3.05, 3.63) is 40.3 Å². The minimum Gasteiger partial charge on any atom is -0.447 e. The van der Waals surface area contributed by atoms with Crippen LogP contribution in [0.4, 0.5) is 16.2 Å². The van der Waals surface area contributed by atoms with Crippen molar-refractivity contribution >= 4 is 34.7 Å². The molecule has 1 aromatic carbocycles. The number of nitrogens with one attached hydrogen (secondary N) is 2. The number of thiazole rings is 1. The summed E-state index contributed by atoms with van der Waals surface area (Å²) in [5.74, 6) is 0.189. The summed E-state index contributed by atoms with van der Waals surface area (Å²) < 4.78 is 9.75. The first-order valence-electron chi connectivity index (χ1n) is 8.25. The molecule has 1 heterocycles. The van der Waals surface area contributed by atoms with Crippen molar-refractivity contribution < 1.29 is 19.1 Å². The lowest BCUT2D eigenvalue weighted by Gasteiger charge is -2.09. The average Bonchev–Trinajstić information content (AvgIpc) is 3.04. The fourth-order valence-electron chi connectivity index (χ4n) is 2.09. The van der Waals surface area contributed by atoms with Gasteiger partial charge in [-0.25, -0.2) is 9.78 Å². The summed E-state index contributed by atoms with van der Waals surface area (Å²) in [4.78, 5) is 28.3. The van der Waals surface area contributed by atoms with Crippen LogP contribution in [0, 0.1) is 0 Å². The van der Waals surface area contributed by atoms with Crippen LogP contribution >= 0.6 is 11.3 Å². The zero-order chi connectivity index (χ0) is 18.9. The second-order valence-electron chi connectivity index (χ2n) is 5.89. The van der Waals surface area contributed by atoms with Crippen LogP contribution in [0.5, 0.6) is 0 Å². The zero-order valence-electron chi connectivity index (χ0n) is 15.1. The van der Waals surface area contributed by atoms with Gasteiger partial charge in [0.05, 0.1) is 23.7 Å². The second-order valence-corrected chi connectivity index (χ2v) is 6.78. The predicted molar refractivity (Wildman–Crippen MR) is 102 cm³/mol. The van der Waals surface area contributed by atoms with Gasteiger partial charge in [-0.2, -0.15) is 0 Å². The van der Waals surface area contributed by atoms with Gasteiger partial charge in [-0.15, -0.1) is 11.3 Å². The molecular weight excluding hydrogens is 354 g/mol. The highest BCUT2D eigenvalue weighted by Crippen LogP contribution is 2.20. The van der Waals surface area contributed by atoms with E-state index in [-0.39, 0.29) is 18.9 Å². The molecule has 1 aromatic heterocycles. The monoisotopic (exact) mass is 377 g/mol. The van der Waals surface area contributed by atoms with Crippen molar-refractivity contribution in [2.45, 2.75) is 26.2 Å². The fraction of sp³-hybridized carbons (Fsp3) is 0.389. The Morgan fingerprint density at radius 1 is 1.19 bits per heavy atom. The molecule has 0 bridgehead atoms. The number of anilines is 2. The van der Waals surface area contributed by atoms with Crippen LogP contribution in [-0.2, 0) is 20.7 Å². The minimum atomic E-state index is -0.575. The smallest absolute Gasteiger partial charge is 0.411 e. The highest BCUT2D eigenvalue weighted by Gasteiger charge is 2.11. The number of rotatable bonds is 8. The highest BCUT2D eigenvalue weighted by molar-refractivity contribution is 7.09. The van der Waals surface area contributed by atoms with E-state index in [9.17, 15) is 9.59 Å². The maximum atomic E-state index is 12.2. The van der Waals surface area contributed by atoms with Gasteiger partial charge >= 0.3 is 6.09 Å². The molecule has 2 amide bonds. The van der Waals surface area contributed by atoms with Crippen LogP contribution in [-0.4, -0.2) is 37.3 Å². The normalized spacial score (nSPS) is 10.6. The molecule has 7 nitrogen and oxygen atoms in total. The Bertz CT molecular complexity index is 746. The van der Waals surface area contributed by atoms with Gasteiger partial charge in [-0.3, -0.25) is 10.1 Å². The van der Waals surface area contributed by atoms with E-state index in [1.165, 1.54) is 7.11 Å². The van der Waals surface area contributed by atoms with E-state index >= 15 is 0 Å². The quantitative estimate of drug-likeness (QED) is 0.686. The maximum Gasteiger partial charge on any atom is 0.411 e. The maximum absolute atomic E-state index is 12.2. The number of amides is 2. The van der Waals surface area contributed by atoms with Crippen LogP contribution in [0.15, 0.2) is 29.6 Å². The fourth-order valence-corrected chi connectivity index (χ4v) is 2.92. The molecule has 0 saturated heterocycles. The lowest BCUT2D eigenvalue weighted by molar-refractivity contribution is -0.115. The minimum absolute atomic E-state index is 0.162. The average molecular weight is 377 g/mol. The number of ether oxygens (including phenoxy) is 2. The van der Waals surface area contributed by atoms with Gasteiger partial charge in [0, 0.05) is 29.8 Å². The lowest BCUT2D eigenvalue weighted by Crippen LogP contribution is -2.17. The Hall–Kier alpha value is -2.45. The van der Waals surface area contributed by atoms with Crippen molar-refractivity contribution in [1.82, 2.24) is 4.98 Å². The molecule has 2 rings (SSSR count). The van der Waals surface area contributed by atoms with Gasteiger partial charge in [-0.1, -0.05) is 19.9 Å². The van der Waals surface area contributed by atoms with Gasteiger partial charge in [-0.05, 0) is 18.2 Å². The number of carbonyl (C=O) groups is 2. The van der Waals surface area contributed by atoms with Crippen LogP contribution in [0.25, 0.3) is 0 Å². The van der Waals surface area contributed by atoms with E-state index in [4.69, 9.17) is 9.47 Å². The van der Waals surface area contributed by atoms with Crippen LogP contribution in [0.3, 0.4) is 0 Å². The third-order valence-electron chi connectivity index (χ3n) is 3.32. The summed E-state index contributed by atoms with van der Waals surface area (Å²) in [6, 6.07) is 6.86. The Morgan fingerprint density at radius 2 is 1.92 bits per heavy atom. The Morgan fingerprint density at radius 3 is 2.58 bits per heavy atom. The first-order valence-corrected chi connectivity index (χ1v) is 9.13. The van der Waals surface area contributed by atoms with Crippen molar-refractivity contribution in [2.75, 3.05) is 31.0 Å². The number of aromatic nitrogens is 1. The summed E-state index contributed by atoms with van der Waals surface area (Å²) in [7, 11) is 1.53. The van der Waals surface area contributed by atoms with Gasteiger partial charge in [0.2, 0.25) is 5.91 Å². The molecule has 0 saturated carbocycles. The summed E-state index contributed by atoms with van der Waals surface area (Å²) in [5.41, 5.74) is 1.87. The standard InChI is InChI=1S/C18H23N3O4S/c1-12(2)17-20-15(11-26-17)10-16(22)19-13-5-4-6-14(9-13)21-18(23)25-8-7-24-3/h4-6,9,11-12H,7-8,10H2,1-3H3,(H,19,22)(H,21,23). The van der Waals surface area contributed by atoms with Crippen molar-refractivity contribution in [1.29, 1.82) is 0 Å². The predicted octanol–water partition coefficient (Wildman–Crippen LogP) is 3.64. The molecule has 0 radical (unpaired) electrons. The van der Waals surface area contributed by atoms with E-state index in [0.29, 0.717) is 23.9 Å². The van der Waals surface area contributed by atoms with E-state index < -0.39 is 6.09 Å². The van der Waals surface area contributed by atoms with Crippen LogP contribution in [0.2, 0.25) is 0 Å². The molecule has 0 aliphatic carbocycles. The second kappa shape index (κ2) is 9.88. The lowest BCUT2D eigenvalue weighted by atomic mass is 10.2. The summed E-state index contributed by atoms with van der Waals surface area (Å²) in [5, 5.41) is 8.33. The summed E-state index contributed by atoms with van der Waals surface area (Å²) >= 11 is 1.56. The Balaban J connectivity index is 1.88. The van der Waals surface area contributed by atoms with E-state index in [0.717, 1.165) is 10.7 Å². The molecule has 0 atom stereocenters. The third kappa shape index (κ3) is 6.45.